The van der Waals surface area contributed by atoms with Crippen LogP contribution in [0, 0.1) is 17.2 Å². The standard InChI is InChI=1S/C12H9F3N2OS/c1-7(18)10(6-16)11(19)17-9-4-2-3-8(5-9)12(13,14)15/h2-5,10H,1H3,(H,17,19). The van der Waals surface area contributed by atoms with Gasteiger partial charge in [0.1, 0.15) is 4.99 Å². The zero-order valence-electron chi connectivity index (χ0n) is 9.78. The van der Waals surface area contributed by atoms with Crippen LogP contribution in [0.4, 0.5) is 18.9 Å². The first-order valence-corrected chi connectivity index (χ1v) is 5.54. The molecule has 0 bridgehead atoms. The summed E-state index contributed by atoms with van der Waals surface area (Å²) in [5.41, 5.74) is -0.752. The molecule has 0 fully saturated rings. The summed E-state index contributed by atoms with van der Waals surface area (Å²) in [5, 5.41) is 11.2. The summed E-state index contributed by atoms with van der Waals surface area (Å²) in [6, 6.07) is 6.05. The Kier molecular flexibility index (Phi) is 4.62. The van der Waals surface area contributed by atoms with Crippen molar-refractivity contribution in [1.29, 1.82) is 5.26 Å². The van der Waals surface area contributed by atoms with Crippen LogP contribution in [0.2, 0.25) is 0 Å². The van der Waals surface area contributed by atoms with Crippen LogP contribution in [-0.2, 0) is 11.0 Å². The van der Waals surface area contributed by atoms with Gasteiger partial charge in [-0.15, -0.1) is 0 Å². The molecule has 0 aliphatic heterocycles. The summed E-state index contributed by atoms with van der Waals surface area (Å²) in [6.45, 7) is 1.19. The van der Waals surface area contributed by atoms with Gasteiger partial charge in [0, 0.05) is 5.69 Å². The van der Waals surface area contributed by atoms with Gasteiger partial charge in [0.2, 0.25) is 0 Å². The second kappa shape index (κ2) is 5.80. The van der Waals surface area contributed by atoms with Gasteiger partial charge in [0.25, 0.3) is 0 Å². The fourth-order valence-electron chi connectivity index (χ4n) is 1.32. The summed E-state index contributed by atoms with van der Waals surface area (Å²) in [5.74, 6) is -1.63. The molecule has 0 aromatic heterocycles. The van der Waals surface area contributed by atoms with Gasteiger partial charge in [-0.2, -0.15) is 18.4 Å². The van der Waals surface area contributed by atoms with E-state index in [9.17, 15) is 18.0 Å². The van der Waals surface area contributed by atoms with E-state index in [2.05, 4.69) is 5.32 Å². The van der Waals surface area contributed by atoms with Crippen molar-refractivity contribution >= 4 is 28.7 Å². The van der Waals surface area contributed by atoms with Gasteiger partial charge < -0.3 is 5.32 Å². The van der Waals surface area contributed by atoms with Gasteiger partial charge in [0.15, 0.2) is 11.7 Å². The lowest BCUT2D eigenvalue weighted by Crippen LogP contribution is -2.25. The molecule has 1 unspecified atom stereocenters. The number of nitrogens with zero attached hydrogens (tertiary/aromatic N) is 1. The zero-order chi connectivity index (χ0) is 14.6. The number of nitriles is 1. The van der Waals surface area contributed by atoms with E-state index in [0.29, 0.717) is 0 Å². The minimum Gasteiger partial charge on any atom is -0.349 e. The molecule has 0 aliphatic rings. The largest absolute Gasteiger partial charge is 0.416 e. The van der Waals surface area contributed by atoms with Gasteiger partial charge in [-0.25, -0.2) is 0 Å². The number of benzene rings is 1. The first-order valence-electron chi connectivity index (χ1n) is 5.14. The van der Waals surface area contributed by atoms with E-state index in [4.69, 9.17) is 17.5 Å². The summed E-state index contributed by atoms with van der Waals surface area (Å²) in [6.07, 6.45) is -4.46. The highest BCUT2D eigenvalue weighted by Crippen LogP contribution is 2.30. The number of thiocarbonyl (C=S) groups is 1. The Labute approximate surface area is 113 Å². The molecule has 1 aromatic carbocycles. The highest BCUT2D eigenvalue weighted by Gasteiger charge is 2.30. The smallest absolute Gasteiger partial charge is 0.349 e. The maximum Gasteiger partial charge on any atom is 0.416 e. The Morgan fingerprint density at radius 2 is 2.11 bits per heavy atom. The van der Waals surface area contributed by atoms with Gasteiger partial charge >= 0.3 is 6.18 Å². The average Bonchev–Trinajstić information content (AvgIpc) is 2.28. The Morgan fingerprint density at radius 3 is 2.58 bits per heavy atom. The summed E-state index contributed by atoms with van der Waals surface area (Å²) in [4.78, 5) is 11.0. The van der Waals surface area contributed by atoms with Gasteiger partial charge in [-0.3, -0.25) is 4.79 Å². The third-order valence-corrected chi connectivity index (χ3v) is 2.59. The Hall–Kier alpha value is -1.94. The van der Waals surface area contributed by atoms with Crippen molar-refractivity contribution in [2.24, 2.45) is 5.92 Å². The van der Waals surface area contributed by atoms with Crippen LogP contribution in [0.3, 0.4) is 0 Å². The molecule has 0 saturated carbocycles. The first kappa shape index (κ1) is 15.1. The topological polar surface area (TPSA) is 52.9 Å². The van der Waals surface area contributed by atoms with Crippen molar-refractivity contribution < 1.29 is 18.0 Å². The number of ketones is 1. The summed E-state index contributed by atoms with van der Waals surface area (Å²) >= 11 is 4.83. The molecule has 100 valence electrons. The van der Waals surface area contributed by atoms with Crippen LogP contribution in [0.25, 0.3) is 0 Å². The molecule has 7 heteroatoms. The minimum absolute atomic E-state index is 0.0846. The molecule has 0 radical (unpaired) electrons. The number of Topliss-reactive ketones (excluding diaryl/α,β-unsaturated/α-hetero) is 1. The second-order valence-electron chi connectivity index (χ2n) is 3.74. The van der Waals surface area contributed by atoms with Crippen LogP contribution in [-0.4, -0.2) is 10.8 Å². The molecule has 1 aromatic rings. The third-order valence-electron chi connectivity index (χ3n) is 2.26. The lowest BCUT2D eigenvalue weighted by molar-refractivity contribution is -0.137. The summed E-state index contributed by atoms with van der Waals surface area (Å²) in [7, 11) is 0. The van der Waals surface area contributed by atoms with Crippen LogP contribution in [0.1, 0.15) is 12.5 Å². The minimum atomic E-state index is -4.46. The van der Waals surface area contributed by atoms with E-state index in [0.717, 1.165) is 12.1 Å². The molecular weight excluding hydrogens is 277 g/mol. The molecule has 0 saturated heterocycles. The van der Waals surface area contributed by atoms with Crippen molar-refractivity contribution in [2.75, 3.05) is 5.32 Å². The number of nitrogens with one attached hydrogen (secondary N) is 1. The quantitative estimate of drug-likeness (QED) is 0.867. The molecule has 19 heavy (non-hydrogen) atoms. The number of carbonyl (C=O) groups excluding carboxylic acids is 1. The van der Waals surface area contributed by atoms with Crippen LogP contribution >= 0.6 is 12.2 Å². The van der Waals surface area contributed by atoms with E-state index >= 15 is 0 Å². The third kappa shape index (κ3) is 4.03. The van der Waals surface area contributed by atoms with Crippen molar-refractivity contribution in [1.82, 2.24) is 0 Å². The lowest BCUT2D eigenvalue weighted by atomic mass is 10.1. The summed E-state index contributed by atoms with van der Waals surface area (Å²) < 4.78 is 37.5. The van der Waals surface area contributed by atoms with E-state index in [-0.39, 0.29) is 10.7 Å². The van der Waals surface area contributed by atoms with Crippen LogP contribution < -0.4 is 5.32 Å². The van der Waals surface area contributed by atoms with E-state index in [1.54, 1.807) is 6.07 Å². The van der Waals surface area contributed by atoms with Crippen molar-refractivity contribution in [2.45, 2.75) is 13.1 Å². The Bertz CT molecular complexity index is 549. The highest BCUT2D eigenvalue weighted by atomic mass is 32.1. The maximum absolute atomic E-state index is 12.5. The van der Waals surface area contributed by atoms with E-state index in [1.165, 1.54) is 19.1 Å². The first-order chi connectivity index (χ1) is 8.75. The van der Waals surface area contributed by atoms with E-state index < -0.39 is 23.4 Å². The predicted octanol–water partition coefficient (Wildman–Crippen LogP) is 3.17. The SMILES string of the molecule is CC(=O)C(C#N)C(=S)Nc1cccc(C(F)(F)F)c1. The fraction of sp³-hybridized carbons (Fsp3) is 0.250. The molecule has 1 N–H and O–H groups in total. The monoisotopic (exact) mass is 286 g/mol. The van der Waals surface area contributed by atoms with Crippen molar-refractivity contribution in [3.05, 3.63) is 29.8 Å². The Morgan fingerprint density at radius 1 is 1.47 bits per heavy atom. The average molecular weight is 286 g/mol. The van der Waals surface area contributed by atoms with Gasteiger partial charge in [-0.05, 0) is 25.1 Å². The zero-order valence-corrected chi connectivity index (χ0v) is 10.6. The van der Waals surface area contributed by atoms with Crippen LogP contribution in [0.5, 0.6) is 0 Å². The van der Waals surface area contributed by atoms with Gasteiger partial charge in [-0.1, -0.05) is 18.3 Å². The predicted molar refractivity (Wildman–Crippen MR) is 67.4 cm³/mol. The molecule has 0 aliphatic carbocycles. The van der Waals surface area contributed by atoms with Crippen molar-refractivity contribution in [3.8, 4) is 6.07 Å². The molecule has 3 nitrogen and oxygen atoms in total. The van der Waals surface area contributed by atoms with Crippen molar-refractivity contribution in [3.63, 3.8) is 0 Å². The number of halogens is 3. The molecule has 1 atom stereocenters. The number of rotatable bonds is 3. The maximum atomic E-state index is 12.5. The molecule has 0 amide bonds. The molecule has 1 rings (SSSR count). The highest BCUT2D eigenvalue weighted by molar-refractivity contribution is 7.80. The molecular formula is C12H9F3N2OS. The number of carbonyl (C=O) groups is 1. The molecule has 0 spiro atoms. The number of anilines is 1. The second-order valence-corrected chi connectivity index (χ2v) is 4.18. The number of hydrogen-bond acceptors (Lipinski definition) is 3. The number of alkyl halides is 3. The van der Waals surface area contributed by atoms with Gasteiger partial charge in [0.05, 0.1) is 11.6 Å². The number of hydrogen-bond donors (Lipinski definition) is 1. The van der Waals surface area contributed by atoms with Crippen LogP contribution in [0.15, 0.2) is 24.3 Å². The fourth-order valence-corrected chi connectivity index (χ4v) is 1.66. The molecule has 0 heterocycles. The normalized spacial score (nSPS) is 12.4. The van der Waals surface area contributed by atoms with E-state index in [1.807, 2.05) is 0 Å². The lowest BCUT2D eigenvalue weighted by Gasteiger charge is -2.12. The Balaban J connectivity index is 2.93.